The van der Waals surface area contributed by atoms with Crippen LogP contribution in [0.5, 0.6) is 0 Å². The number of aliphatic hydroxyl groups is 2. The smallest absolute Gasteiger partial charge is 0.305 e. The first-order chi connectivity index (χ1) is 24.3. The monoisotopic (exact) mass is 779 g/mol. The number of aliphatic carboxylic acids is 1. The molecule has 0 radical (unpaired) electrons. The highest BCUT2D eigenvalue weighted by molar-refractivity contribution is 8.76. The van der Waals surface area contributed by atoms with E-state index >= 15 is 0 Å². The van der Waals surface area contributed by atoms with Gasteiger partial charge in [0.2, 0.25) is 41.4 Å². The van der Waals surface area contributed by atoms with Crippen molar-refractivity contribution in [1.29, 1.82) is 0 Å². The lowest BCUT2D eigenvalue weighted by atomic mass is 10.0. The number of carboxylic acid groups (broad SMARTS) is 1. The molecule has 8 atom stereocenters. The number of hydrogen-bond donors (Lipinski definition) is 13. The summed E-state index contributed by atoms with van der Waals surface area (Å²) >= 11 is 0. The van der Waals surface area contributed by atoms with Gasteiger partial charge in [-0.3, -0.25) is 43.3 Å². The summed E-state index contributed by atoms with van der Waals surface area (Å²) in [5, 5.41) is 43.5. The van der Waals surface area contributed by atoms with Crippen LogP contribution in [0, 0.1) is 5.92 Å². The molecule has 1 heterocycles. The second kappa shape index (κ2) is 22.5. The predicted molar refractivity (Wildman–Crippen MR) is 189 cm³/mol. The van der Waals surface area contributed by atoms with Gasteiger partial charge in [-0.1, -0.05) is 35.4 Å². The molecule has 0 aliphatic carbocycles. The Balaban J connectivity index is 3.56. The van der Waals surface area contributed by atoms with Crippen LogP contribution in [0.1, 0.15) is 40.0 Å². The molecule has 0 spiro atoms. The van der Waals surface area contributed by atoms with E-state index in [1.807, 2.05) is 0 Å². The number of hydrogen-bond acceptors (Lipinski definition) is 14. The molecule has 7 amide bonds. The second-order valence-electron chi connectivity index (χ2n) is 12.0. The highest BCUT2D eigenvalue weighted by Crippen LogP contribution is 2.23. The lowest BCUT2D eigenvalue weighted by Gasteiger charge is -2.29. The van der Waals surface area contributed by atoms with Crippen LogP contribution in [0.2, 0.25) is 0 Å². The molecular formula is C28H49N11O11S2. The number of carboxylic acids is 1. The third-order valence-electron chi connectivity index (χ3n) is 7.28. The number of nitrogens with one attached hydrogen (secondary N) is 6. The summed E-state index contributed by atoms with van der Waals surface area (Å²) in [6.07, 6.45) is -2.58. The minimum Gasteiger partial charge on any atom is -0.481 e. The van der Waals surface area contributed by atoms with Crippen molar-refractivity contribution >= 4 is 74.9 Å². The summed E-state index contributed by atoms with van der Waals surface area (Å²) in [5.74, 6) is -9.59. The van der Waals surface area contributed by atoms with E-state index in [-0.39, 0.29) is 36.9 Å². The fourth-order valence-electron chi connectivity index (χ4n) is 4.38. The molecule has 1 aliphatic rings. The first kappa shape index (κ1) is 45.6. The minimum atomic E-state index is -1.91. The molecule has 1 rings (SSSR count). The summed E-state index contributed by atoms with van der Waals surface area (Å²) in [6, 6.07) is -10.6. The van der Waals surface area contributed by atoms with Gasteiger partial charge in [-0.25, -0.2) is 0 Å². The van der Waals surface area contributed by atoms with E-state index in [0.717, 1.165) is 28.5 Å². The minimum absolute atomic E-state index is 0.0443. The molecule has 17 N–H and O–H groups in total. The van der Waals surface area contributed by atoms with Gasteiger partial charge in [-0.05, 0) is 25.7 Å². The van der Waals surface area contributed by atoms with E-state index in [9.17, 15) is 53.7 Å². The number of nitrogens with zero attached hydrogens (tertiary/aromatic N) is 1. The van der Waals surface area contributed by atoms with Gasteiger partial charge in [0.05, 0.1) is 25.2 Å². The number of primary amides is 1. The first-order valence-electron chi connectivity index (χ1n) is 16.0. The third kappa shape index (κ3) is 15.9. The van der Waals surface area contributed by atoms with E-state index in [1.54, 1.807) is 13.8 Å². The predicted octanol–water partition coefficient (Wildman–Crippen LogP) is -6.34. The topological polar surface area (TPSA) is 386 Å². The maximum Gasteiger partial charge on any atom is 0.305 e. The summed E-state index contributed by atoms with van der Waals surface area (Å²) in [4.78, 5) is 107. The van der Waals surface area contributed by atoms with Crippen molar-refractivity contribution in [2.24, 2.45) is 33.8 Å². The molecule has 0 aromatic carbocycles. The Morgan fingerprint density at radius 3 is 1.83 bits per heavy atom. The largest absolute Gasteiger partial charge is 0.481 e. The van der Waals surface area contributed by atoms with Gasteiger partial charge in [0.15, 0.2) is 5.96 Å². The van der Waals surface area contributed by atoms with Crippen molar-refractivity contribution in [2.75, 3.05) is 24.7 Å². The zero-order valence-electron chi connectivity index (χ0n) is 28.8. The average molecular weight is 780 g/mol. The summed E-state index contributed by atoms with van der Waals surface area (Å²) in [7, 11) is 2.09. The Morgan fingerprint density at radius 2 is 1.29 bits per heavy atom. The molecule has 1 fully saturated rings. The van der Waals surface area contributed by atoms with Crippen LogP contribution in [0.3, 0.4) is 0 Å². The van der Waals surface area contributed by atoms with Crippen molar-refractivity contribution in [1.82, 2.24) is 31.9 Å². The van der Waals surface area contributed by atoms with Crippen molar-refractivity contribution in [2.45, 2.75) is 88.4 Å². The number of nitrogens with two attached hydrogens (primary N) is 4. The van der Waals surface area contributed by atoms with Gasteiger partial charge in [0, 0.05) is 18.1 Å². The van der Waals surface area contributed by atoms with Crippen LogP contribution in [0.25, 0.3) is 0 Å². The summed E-state index contributed by atoms with van der Waals surface area (Å²) in [6.45, 7) is 3.27. The Bertz CT molecular complexity index is 1330. The number of rotatable bonds is 10. The highest BCUT2D eigenvalue weighted by Gasteiger charge is 2.36. The van der Waals surface area contributed by atoms with E-state index in [2.05, 4.69) is 36.9 Å². The number of aliphatic hydroxyl groups excluding tert-OH is 2. The van der Waals surface area contributed by atoms with Crippen molar-refractivity contribution < 1.29 is 53.7 Å². The van der Waals surface area contributed by atoms with Crippen LogP contribution in [0.15, 0.2) is 4.99 Å². The highest BCUT2D eigenvalue weighted by atomic mass is 33.1. The molecule has 0 bridgehead atoms. The zero-order valence-corrected chi connectivity index (χ0v) is 30.5. The molecule has 294 valence electrons. The van der Waals surface area contributed by atoms with Gasteiger partial charge in [0.25, 0.3) is 0 Å². The lowest BCUT2D eigenvalue weighted by Crippen LogP contribution is -2.62. The molecule has 22 nitrogen and oxygen atoms in total. The number of aliphatic imine (C=N–C) groups is 1. The lowest BCUT2D eigenvalue weighted by molar-refractivity contribution is -0.142. The van der Waals surface area contributed by atoms with E-state index in [4.69, 9.17) is 22.9 Å². The van der Waals surface area contributed by atoms with Crippen molar-refractivity contribution in [3.8, 4) is 0 Å². The Kier molecular flexibility index (Phi) is 19.8. The summed E-state index contributed by atoms with van der Waals surface area (Å²) in [5.41, 5.74) is 22.2. The molecule has 1 saturated heterocycles. The number of carbonyl (C=O) groups is 8. The first-order valence-corrected chi connectivity index (χ1v) is 18.4. The molecule has 1 aliphatic heterocycles. The molecule has 0 saturated carbocycles. The Labute approximate surface area is 306 Å². The van der Waals surface area contributed by atoms with Gasteiger partial charge in [-0.2, -0.15) is 0 Å². The van der Waals surface area contributed by atoms with Gasteiger partial charge < -0.3 is 70.2 Å². The maximum absolute atomic E-state index is 13.3. The second-order valence-corrected chi connectivity index (χ2v) is 14.6. The Morgan fingerprint density at radius 1 is 0.769 bits per heavy atom. The van der Waals surface area contributed by atoms with E-state index < -0.39 is 115 Å². The van der Waals surface area contributed by atoms with Crippen molar-refractivity contribution in [3.63, 3.8) is 0 Å². The van der Waals surface area contributed by atoms with Crippen LogP contribution in [-0.2, 0) is 38.4 Å². The van der Waals surface area contributed by atoms with Crippen LogP contribution < -0.4 is 54.8 Å². The third-order valence-corrected chi connectivity index (χ3v) is 9.73. The fourth-order valence-corrected chi connectivity index (χ4v) is 6.68. The molecular weight excluding hydrogens is 731 g/mol. The molecule has 0 aromatic heterocycles. The van der Waals surface area contributed by atoms with Crippen LogP contribution in [0.4, 0.5) is 0 Å². The SMILES string of the molecule is CC(C)[C@H]1NC(=O)[C@H]([C@@H](C)O)NC(=O)[C@@H](CC(=O)O)NC(=O)[C@H](CO)NC(=O)[C@@H](CCCN=C(N)N)NC(=O)[C@H](N)CSSC[C@H](C(N)=O)NC1=O. The molecule has 52 heavy (non-hydrogen) atoms. The molecule has 24 heteroatoms. The normalized spacial score (nSPS) is 27.1. The van der Waals surface area contributed by atoms with Gasteiger partial charge in [0.1, 0.15) is 36.3 Å². The standard InChI is InChI=1S/C28H49N11O11S2/c1-11(2)19-26(49)37-17(21(30)44)10-52-51-9-13(29)22(45)34-14(5-4-6-33-28(31)32)23(46)36-16(8-40)25(48)35-15(7-18(42)43)24(47)39-20(12(3)41)27(50)38-19/h11-17,19-20,40-41H,4-10,29H2,1-3H3,(H2,30,44)(H,34,45)(H,35,48)(H,36,46)(H,37,49)(H,38,50)(H,39,47)(H,42,43)(H4,31,32,33)/t12-,13-,14-,15-,16+,17-,19-,20+/m1/s1. The summed E-state index contributed by atoms with van der Waals surface area (Å²) < 4.78 is 0. The molecule has 0 aromatic rings. The Hall–Kier alpha value is -4.39. The van der Waals surface area contributed by atoms with Crippen LogP contribution >= 0.6 is 21.6 Å². The van der Waals surface area contributed by atoms with Crippen LogP contribution in [-0.4, -0.2) is 142 Å². The quantitative estimate of drug-likeness (QED) is 0.0424. The van der Waals surface area contributed by atoms with Gasteiger partial charge >= 0.3 is 5.97 Å². The van der Waals surface area contributed by atoms with E-state index in [1.165, 1.54) is 0 Å². The number of guanidine groups is 1. The van der Waals surface area contributed by atoms with E-state index in [0.29, 0.717) is 0 Å². The number of amides is 7. The molecule has 0 unspecified atom stereocenters. The van der Waals surface area contributed by atoms with Gasteiger partial charge in [-0.15, -0.1) is 0 Å². The fraction of sp³-hybridized carbons (Fsp3) is 0.679. The zero-order chi connectivity index (χ0) is 39.7. The number of carbonyl (C=O) groups excluding carboxylic acids is 7. The average Bonchev–Trinajstić information content (AvgIpc) is 3.05. The van der Waals surface area contributed by atoms with Crippen molar-refractivity contribution in [3.05, 3.63) is 0 Å². The maximum atomic E-state index is 13.3.